The first-order valence-corrected chi connectivity index (χ1v) is 11.2. The molecule has 0 amide bonds. The molecule has 6 aliphatic rings. The molecular weight excluding hydrogens is 400 g/mol. The second kappa shape index (κ2) is 6.13. The van der Waals surface area contributed by atoms with Gasteiger partial charge in [0, 0.05) is 19.3 Å². The zero-order valence-corrected chi connectivity index (χ0v) is 18.5. The van der Waals surface area contributed by atoms with Gasteiger partial charge in [0.05, 0.1) is 17.4 Å². The van der Waals surface area contributed by atoms with Crippen molar-refractivity contribution in [1.29, 1.82) is 0 Å². The maximum absolute atomic E-state index is 13.7. The molecule has 6 rings (SSSR count). The Morgan fingerprint density at radius 1 is 1.26 bits per heavy atom. The van der Waals surface area contributed by atoms with Gasteiger partial charge in [0.1, 0.15) is 11.9 Å². The summed E-state index contributed by atoms with van der Waals surface area (Å²) in [7, 11) is 0. The van der Waals surface area contributed by atoms with Crippen molar-refractivity contribution in [2.75, 3.05) is 6.61 Å². The molecular formula is C24H32O7. The van der Waals surface area contributed by atoms with E-state index in [1.165, 1.54) is 6.92 Å². The van der Waals surface area contributed by atoms with Crippen molar-refractivity contribution in [2.24, 2.45) is 34.0 Å². The van der Waals surface area contributed by atoms with Gasteiger partial charge in [-0.1, -0.05) is 20.4 Å². The first kappa shape index (κ1) is 21.0. The predicted octanol–water partition coefficient (Wildman–Crippen LogP) is 3.03. The molecule has 31 heavy (non-hydrogen) atoms. The van der Waals surface area contributed by atoms with E-state index >= 15 is 0 Å². The topological polar surface area (TPSA) is 102 Å². The number of hydrogen-bond donors (Lipinski definition) is 2. The second-order valence-corrected chi connectivity index (χ2v) is 11.0. The Bertz CT molecular complexity index is 892. The highest BCUT2D eigenvalue weighted by Crippen LogP contribution is 2.77. The fourth-order valence-corrected chi connectivity index (χ4v) is 8.37. The molecule has 0 radical (unpaired) electrons. The first-order valence-electron chi connectivity index (χ1n) is 11.2. The molecule has 4 aliphatic carbocycles. The van der Waals surface area contributed by atoms with Crippen LogP contribution in [0.15, 0.2) is 24.7 Å². The molecule has 170 valence electrons. The highest BCUT2D eigenvalue weighted by Gasteiger charge is 2.85. The SMILES string of the molecule is C=C(O)OC1C(=C)C2CCC3C45COC(O)(C(OC(C)=O)C4C(C)(C)CCC5=O)C13C2. The number of fused-ring (bicyclic) bond motifs is 2. The van der Waals surface area contributed by atoms with E-state index in [9.17, 15) is 19.8 Å². The number of carbonyl (C=O) groups excluding carboxylic acids is 2. The third kappa shape index (κ3) is 2.26. The molecule has 8 atom stereocenters. The Morgan fingerprint density at radius 2 is 1.97 bits per heavy atom. The molecule has 0 aromatic heterocycles. The van der Waals surface area contributed by atoms with Crippen LogP contribution in [0.5, 0.6) is 0 Å². The van der Waals surface area contributed by atoms with E-state index in [1.807, 2.05) is 0 Å². The minimum absolute atomic E-state index is 0.0621. The number of hydrogen-bond acceptors (Lipinski definition) is 7. The minimum Gasteiger partial charge on any atom is -0.481 e. The highest BCUT2D eigenvalue weighted by atomic mass is 16.7. The van der Waals surface area contributed by atoms with Gasteiger partial charge in [-0.05, 0) is 55.1 Å². The zero-order valence-electron chi connectivity index (χ0n) is 18.5. The summed E-state index contributed by atoms with van der Waals surface area (Å²) in [4.78, 5) is 25.9. The monoisotopic (exact) mass is 432 g/mol. The Labute approximate surface area is 182 Å². The van der Waals surface area contributed by atoms with Gasteiger partial charge in [-0.15, -0.1) is 0 Å². The first-order chi connectivity index (χ1) is 14.4. The van der Waals surface area contributed by atoms with Crippen LogP contribution >= 0.6 is 0 Å². The van der Waals surface area contributed by atoms with Crippen LogP contribution in [0.4, 0.5) is 0 Å². The lowest BCUT2D eigenvalue weighted by atomic mass is 9.36. The number of Topliss-reactive ketones (excluding diaryl/α,β-unsaturated/α-hetero) is 1. The summed E-state index contributed by atoms with van der Waals surface area (Å²) < 4.78 is 17.8. The molecule has 2 aliphatic heterocycles. The normalized spacial score (nSPS) is 49.2. The lowest BCUT2D eigenvalue weighted by Crippen LogP contribution is -2.84. The fourth-order valence-electron chi connectivity index (χ4n) is 8.37. The van der Waals surface area contributed by atoms with Gasteiger partial charge in [0.15, 0.2) is 6.10 Å². The summed E-state index contributed by atoms with van der Waals surface area (Å²) >= 11 is 0. The van der Waals surface area contributed by atoms with E-state index in [2.05, 4.69) is 27.0 Å². The smallest absolute Gasteiger partial charge is 0.303 e. The van der Waals surface area contributed by atoms with E-state index < -0.39 is 40.7 Å². The quantitative estimate of drug-likeness (QED) is 0.401. The Morgan fingerprint density at radius 3 is 2.61 bits per heavy atom. The molecule has 2 N–H and O–H groups in total. The van der Waals surface area contributed by atoms with Crippen LogP contribution in [0.1, 0.15) is 52.9 Å². The van der Waals surface area contributed by atoms with E-state index in [1.54, 1.807) is 0 Å². The molecule has 7 heteroatoms. The van der Waals surface area contributed by atoms with Gasteiger partial charge in [0.2, 0.25) is 5.79 Å². The number of rotatable bonds is 3. The third-order valence-corrected chi connectivity index (χ3v) is 9.31. The van der Waals surface area contributed by atoms with Crippen molar-refractivity contribution in [3.8, 4) is 0 Å². The highest BCUT2D eigenvalue weighted by molar-refractivity contribution is 5.88. The molecule has 7 nitrogen and oxygen atoms in total. The Balaban J connectivity index is 1.78. The summed E-state index contributed by atoms with van der Waals surface area (Å²) in [6.45, 7) is 13.3. The summed E-state index contributed by atoms with van der Waals surface area (Å²) in [5.74, 6) is -3.29. The van der Waals surface area contributed by atoms with Crippen molar-refractivity contribution in [2.45, 2.75) is 70.9 Å². The zero-order chi connectivity index (χ0) is 22.6. The number of esters is 1. The van der Waals surface area contributed by atoms with Crippen molar-refractivity contribution in [3.05, 3.63) is 24.7 Å². The molecule has 0 aromatic carbocycles. The summed E-state index contributed by atoms with van der Waals surface area (Å²) in [5.41, 5.74) is -1.52. The summed E-state index contributed by atoms with van der Waals surface area (Å²) in [6, 6.07) is 0. The van der Waals surface area contributed by atoms with Crippen molar-refractivity contribution < 1.29 is 34.0 Å². The molecule has 2 spiro atoms. The summed E-state index contributed by atoms with van der Waals surface area (Å²) in [5, 5.41) is 22.2. The maximum Gasteiger partial charge on any atom is 0.303 e. The van der Waals surface area contributed by atoms with Crippen molar-refractivity contribution >= 4 is 11.8 Å². The van der Waals surface area contributed by atoms with Gasteiger partial charge >= 0.3 is 5.97 Å². The van der Waals surface area contributed by atoms with E-state index in [0.717, 1.165) is 18.4 Å². The second-order valence-electron chi connectivity index (χ2n) is 11.0. The number of ketones is 1. The van der Waals surface area contributed by atoms with Gasteiger partial charge in [-0.25, -0.2) is 0 Å². The van der Waals surface area contributed by atoms with Crippen LogP contribution in [0, 0.1) is 34.0 Å². The average molecular weight is 433 g/mol. The van der Waals surface area contributed by atoms with E-state index in [-0.39, 0.29) is 35.6 Å². The number of carbonyl (C=O) groups is 2. The Kier molecular flexibility index (Phi) is 4.16. The van der Waals surface area contributed by atoms with E-state index in [0.29, 0.717) is 19.3 Å². The van der Waals surface area contributed by atoms with Crippen LogP contribution < -0.4 is 0 Å². The van der Waals surface area contributed by atoms with Crippen LogP contribution in [0.2, 0.25) is 0 Å². The van der Waals surface area contributed by atoms with Crippen LogP contribution in [-0.4, -0.2) is 46.6 Å². The largest absolute Gasteiger partial charge is 0.481 e. The lowest BCUT2D eigenvalue weighted by Gasteiger charge is -2.73. The number of aliphatic hydroxyl groups excluding tert-OH is 1. The molecule has 2 saturated heterocycles. The molecule has 2 heterocycles. The van der Waals surface area contributed by atoms with Crippen molar-refractivity contribution in [3.63, 3.8) is 0 Å². The molecule has 4 bridgehead atoms. The van der Waals surface area contributed by atoms with Gasteiger partial charge in [0.25, 0.3) is 5.95 Å². The summed E-state index contributed by atoms with van der Waals surface area (Å²) in [6.07, 6.45) is 1.35. The fraction of sp³-hybridized carbons (Fsp3) is 0.750. The van der Waals surface area contributed by atoms with Gasteiger partial charge in [-0.2, -0.15) is 0 Å². The van der Waals surface area contributed by atoms with Gasteiger partial charge < -0.3 is 24.4 Å². The number of ether oxygens (including phenoxy) is 3. The third-order valence-electron chi connectivity index (χ3n) is 9.31. The lowest BCUT2D eigenvalue weighted by molar-refractivity contribution is -0.446. The molecule has 4 saturated carbocycles. The van der Waals surface area contributed by atoms with Gasteiger partial charge in [-0.3, -0.25) is 9.59 Å². The number of aliphatic hydroxyl groups is 2. The minimum atomic E-state index is -1.86. The van der Waals surface area contributed by atoms with Crippen LogP contribution in [0.25, 0.3) is 0 Å². The average Bonchev–Trinajstić information content (AvgIpc) is 2.87. The Hall–Kier alpha value is -1.86. The standard InChI is InChI=1S/C24H32O7/c1-12-15-6-7-16-22-11-29-24(28,23(16,10-15)19(12)30-13(2)25)20(31-14(3)26)18(22)21(4,5)9-8-17(22)27/h15-16,18-20,25,28H,1-2,6-11H2,3-5H3. The van der Waals surface area contributed by atoms with Crippen LogP contribution in [0.3, 0.4) is 0 Å². The molecule has 0 aromatic rings. The van der Waals surface area contributed by atoms with E-state index in [4.69, 9.17) is 14.2 Å². The molecule has 6 fully saturated rings. The predicted molar refractivity (Wildman–Crippen MR) is 109 cm³/mol. The molecule has 8 unspecified atom stereocenters. The van der Waals surface area contributed by atoms with Crippen LogP contribution in [-0.2, 0) is 23.8 Å². The maximum atomic E-state index is 13.7. The van der Waals surface area contributed by atoms with Crippen molar-refractivity contribution in [1.82, 2.24) is 0 Å².